The SMILES string of the molecule is CC1CN(C)CCCN1C(=O)CNS(C)(=O)=O. The summed E-state index contributed by atoms with van der Waals surface area (Å²) in [5.41, 5.74) is 0. The van der Waals surface area contributed by atoms with E-state index in [9.17, 15) is 13.2 Å². The van der Waals surface area contributed by atoms with Gasteiger partial charge in [-0.3, -0.25) is 4.79 Å². The van der Waals surface area contributed by atoms with E-state index in [0.29, 0.717) is 6.54 Å². The first-order chi connectivity index (χ1) is 7.79. The van der Waals surface area contributed by atoms with Gasteiger partial charge in [0.15, 0.2) is 0 Å². The van der Waals surface area contributed by atoms with Crippen LogP contribution < -0.4 is 4.72 Å². The maximum Gasteiger partial charge on any atom is 0.237 e. The summed E-state index contributed by atoms with van der Waals surface area (Å²) < 4.78 is 24.1. The van der Waals surface area contributed by atoms with Crippen LogP contribution in [0.4, 0.5) is 0 Å². The second kappa shape index (κ2) is 5.79. The molecule has 7 heteroatoms. The molecule has 1 saturated heterocycles. The van der Waals surface area contributed by atoms with Crippen molar-refractivity contribution in [2.45, 2.75) is 19.4 Å². The lowest BCUT2D eigenvalue weighted by Crippen LogP contribution is -2.46. The Morgan fingerprint density at radius 2 is 2.06 bits per heavy atom. The van der Waals surface area contributed by atoms with Crippen LogP contribution in [-0.4, -0.2) is 69.6 Å². The van der Waals surface area contributed by atoms with E-state index in [0.717, 1.165) is 25.8 Å². The van der Waals surface area contributed by atoms with Gasteiger partial charge in [0.2, 0.25) is 15.9 Å². The summed E-state index contributed by atoms with van der Waals surface area (Å²) in [6, 6.07) is 0.122. The van der Waals surface area contributed by atoms with Crippen LogP contribution in [0.15, 0.2) is 0 Å². The molecule has 0 spiro atoms. The number of carbonyl (C=O) groups is 1. The molecule has 1 heterocycles. The zero-order valence-corrected chi connectivity index (χ0v) is 11.5. The lowest BCUT2D eigenvalue weighted by Gasteiger charge is -2.28. The molecule has 0 saturated carbocycles. The Kier molecular flexibility index (Phi) is 4.91. The van der Waals surface area contributed by atoms with Crippen molar-refractivity contribution in [2.75, 3.05) is 39.5 Å². The first-order valence-electron chi connectivity index (χ1n) is 5.72. The molecule has 0 radical (unpaired) electrons. The summed E-state index contributed by atoms with van der Waals surface area (Å²) in [6.45, 7) is 4.32. The summed E-state index contributed by atoms with van der Waals surface area (Å²) in [7, 11) is -1.28. The van der Waals surface area contributed by atoms with E-state index in [1.165, 1.54) is 0 Å². The molecule has 1 aliphatic heterocycles. The molecule has 6 nitrogen and oxygen atoms in total. The van der Waals surface area contributed by atoms with Gasteiger partial charge in [-0.25, -0.2) is 13.1 Å². The summed E-state index contributed by atoms with van der Waals surface area (Å²) in [5.74, 6) is -0.154. The van der Waals surface area contributed by atoms with Crippen LogP contribution in [-0.2, 0) is 14.8 Å². The lowest BCUT2D eigenvalue weighted by atomic mass is 10.2. The Morgan fingerprint density at radius 3 is 2.65 bits per heavy atom. The van der Waals surface area contributed by atoms with Gasteiger partial charge in [-0.1, -0.05) is 0 Å². The molecule has 1 aliphatic rings. The average molecular weight is 263 g/mol. The van der Waals surface area contributed by atoms with E-state index in [-0.39, 0.29) is 18.5 Å². The Hall–Kier alpha value is -0.660. The van der Waals surface area contributed by atoms with Crippen LogP contribution in [0.2, 0.25) is 0 Å². The Morgan fingerprint density at radius 1 is 1.41 bits per heavy atom. The Balaban J connectivity index is 2.55. The summed E-state index contributed by atoms with van der Waals surface area (Å²) >= 11 is 0. The zero-order valence-electron chi connectivity index (χ0n) is 10.6. The highest BCUT2D eigenvalue weighted by molar-refractivity contribution is 7.88. The molecule has 0 aromatic heterocycles. The molecule has 0 aromatic rings. The highest BCUT2D eigenvalue weighted by atomic mass is 32.2. The molecule has 1 amide bonds. The molecule has 1 unspecified atom stereocenters. The molecule has 0 aliphatic carbocycles. The molecule has 17 heavy (non-hydrogen) atoms. The van der Waals surface area contributed by atoms with Crippen molar-refractivity contribution in [1.29, 1.82) is 0 Å². The van der Waals surface area contributed by atoms with Gasteiger partial charge in [-0.2, -0.15) is 0 Å². The van der Waals surface area contributed by atoms with Crippen molar-refractivity contribution in [3.8, 4) is 0 Å². The summed E-state index contributed by atoms with van der Waals surface area (Å²) in [4.78, 5) is 15.8. The normalized spacial score (nSPS) is 23.5. The third kappa shape index (κ3) is 5.01. The Bertz CT molecular complexity index is 369. The number of hydrogen-bond acceptors (Lipinski definition) is 4. The highest BCUT2D eigenvalue weighted by Gasteiger charge is 2.24. The topological polar surface area (TPSA) is 69.7 Å². The van der Waals surface area contributed by atoms with Gasteiger partial charge in [0.1, 0.15) is 0 Å². The van der Waals surface area contributed by atoms with Crippen LogP contribution in [0.3, 0.4) is 0 Å². The molecule has 1 rings (SSSR count). The number of rotatable bonds is 3. The van der Waals surface area contributed by atoms with Gasteiger partial charge in [-0.15, -0.1) is 0 Å². The predicted molar refractivity (Wildman–Crippen MR) is 66.1 cm³/mol. The quantitative estimate of drug-likeness (QED) is 0.715. The number of hydrogen-bond donors (Lipinski definition) is 1. The fourth-order valence-corrected chi connectivity index (χ4v) is 2.42. The van der Waals surface area contributed by atoms with E-state index in [1.54, 1.807) is 4.90 Å². The van der Waals surface area contributed by atoms with Crippen LogP contribution in [0.5, 0.6) is 0 Å². The van der Waals surface area contributed by atoms with Crippen molar-refractivity contribution in [3.63, 3.8) is 0 Å². The fraction of sp³-hybridized carbons (Fsp3) is 0.900. The first kappa shape index (κ1) is 14.4. The fourth-order valence-electron chi connectivity index (χ4n) is 2.04. The number of nitrogens with one attached hydrogen (secondary N) is 1. The minimum Gasteiger partial charge on any atom is -0.338 e. The standard InChI is InChI=1S/C10H21N3O3S/c1-9-8-12(2)5-4-6-13(9)10(14)7-11-17(3,15)16/h9,11H,4-8H2,1-3H3. The number of carbonyl (C=O) groups excluding carboxylic acids is 1. The molecule has 1 atom stereocenters. The lowest BCUT2D eigenvalue weighted by molar-refractivity contribution is -0.131. The number of nitrogens with zero attached hydrogens (tertiary/aromatic N) is 2. The minimum atomic E-state index is -3.30. The van der Waals surface area contributed by atoms with Crippen molar-refractivity contribution in [2.24, 2.45) is 0 Å². The van der Waals surface area contributed by atoms with E-state index in [2.05, 4.69) is 9.62 Å². The van der Waals surface area contributed by atoms with Gasteiger partial charge in [0, 0.05) is 19.1 Å². The minimum absolute atomic E-state index is 0.122. The molecular formula is C10H21N3O3S. The summed E-state index contributed by atoms with van der Waals surface area (Å²) in [5, 5.41) is 0. The van der Waals surface area contributed by atoms with E-state index < -0.39 is 10.0 Å². The zero-order chi connectivity index (χ0) is 13.1. The van der Waals surface area contributed by atoms with E-state index >= 15 is 0 Å². The third-order valence-corrected chi connectivity index (χ3v) is 3.52. The van der Waals surface area contributed by atoms with Crippen molar-refractivity contribution in [1.82, 2.24) is 14.5 Å². The maximum absolute atomic E-state index is 11.9. The molecular weight excluding hydrogens is 242 g/mol. The highest BCUT2D eigenvalue weighted by Crippen LogP contribution is 2.08. The number of sulfonamides is 1. The number of amides is 1. The number of likely N-dealkylation sites (N-methyl/N-ethyl adjacent to an activating group) is 1. The smallest absolute Gasteiger partial charge is 0.237 e. The van der Waals surface area contributed by atoms with E-state index in [4.69, 9.17) is 0 Å². The van der Waals surface area contributed by atoms with Crippen LogP contribution >= 0.6 is 0 Å². The van der Waals surface area contributed by atoms with Crippen molar-refractivity contribution in [3.05, 3.63) is 0 Å². The Labute approximate surface area is 103 Å². The molecule has 1 N–H and O–H groups in total. The van der Waals surface area contributed by atoms with Crippen LogP contribution in [0.25, 0.3) is 0 Å². The monoisotopic (exact) mass is 263 g/mol. The largest absolute Gasteiger partial charge is 0.338 e. The third-order valence-electron chi connectivity index (χ3n) is 2.85. The first-order valence-corrected chi connectivity index (χ1v) is 7.61. The van der Waals surface area contributed by atoms with Crippen LogP contribution in [0.1, 0.15) is 13.3 Å². The van der Waals surface area contributed by atoms with Gasteiger partial charge in [-0.05, 0) is 26.9 Å². The summed E-state index contributed by atoms with van der Waals surface area (Å²) in [6.07, 6.45) is 1.98. The van der Waals surface area contributed by atoms with Gasteiger partial charge in [0.05, 0.1) is 12.8 Å². The molecule has 100 valence electrons. The molecule has 0 aromatic carbocycles. The average Bonchev–Trinajstić information content (AvgIpc) is 2.34. The van der Waals surface area contributed by atoms with Crippen molar-refractivity contribution >= 4 is 15.9 Å². The molecule has 1 fully saturated rings. The van der Waals surface area contributed by atoms with Gasteiger partial charge >= 0.3 is 0 Å². The predicted octanol–water partition coefficient (Wildman–Crippen LogP) is -0.912. The second-order valence-corrected chi connectivity index (χ2v) is 6.48. The van der Waals surface area contributed by atoms with Crippen LogP contribution in [0, 0.1) is 0 Å². The second-order valence-electron chi connectivity index (χ2n) is 4.65. The maximum atomic E-state index is 11.9. The molecule has 0 bridgehead atoms. The van der Waals surface area contributed by atoms with Gasteiger partial charge < -0.3 is 9.80 Å². The van der Waals surface area contributed by atoms with Gasteiger partial charge in [0.25, 0.3) is 0 Å². The van der Waals surface area contributed by atoms with Crippen molar-refractivity contribution < 1.29 is 13.2 Å². The van der Waals surface area contributed by atoms with E-state index in [1.807, 2.05) is 14.0 Å².